The molecule has 0 spiro atoms. The third kappa shape index (κ3) is 3.37. The highest BCUT2D eigenvalue weighted by atomic mass is 16.2. The maximum absolute atomic E-state index is 11.1. The molecule has 1 saturated heterocycles. The maximum Gasteiger partial charge on any atom is 0.219 e. The van der Waals surface area contributed by atoms with Gasteiger partial charge in [-0.05, 0) is 18.8 Å². The second-order valence-electron chi connectivity index (χ2n) is 3.67. The molecule has 0 radical (unpaired) electrons. The van der Waals surface area contributed by atoms with Crippen molar-refractivity contribution in [1.29, 1.82) is 0 Å². The summed E-state index contributed by atoms with van der Waals surface area (Å²) >= 11 is 0. The molecule has 1 atom stereocenters. The van der Waals surface area contributed by atoms with Crippen molar-refractivity contribution < 1.29 is 4.79 Å². The normalized spacial score (nSPS) is 21.4. The Kier molecular flexibility index (Phi) is 5.76. The maximum atomic E-state index is 11.1. The lowest BCUT2D eigenvalue weighted by atomic mass is 10.0. The second-order valence-corrected chi connectivity index (χ2v) is 3.67. The van der Waals surface area contributed by atoms with Crippen LogP contribution in [0.2, 0.25) is 0 Å². The minimum absolute atomic E-state index is 0.237. The molecular weight excluding hydrogens is 162 g/mol. The number of carbonyl (C=O) groups excluding carboxylic acids is 1. The summed E-state index contributed by atoms with van der Waals surface area (Å²) in [6.07, 6.45) is 2.37. The first-order valence-corrected chi connectivity index (χ1v) is 5.40. The van der Waals surface area contributed by atoms with Gasteiger partial charge >= 0.3 is 0 Å². The van der Waals surface area contributed by atoms with Crippen molar-refractivity contribution in [3.05, 3.63) is 0 Å². The summed E-state index contributed by atoms with van der Waals surface area (Å²) in [6.45, 7) is 11.0. The monoisotopic (exact) mass is 185 g/mol. The van der Waals surface area contributed by atoms with Crippen LogP contribution in [0, 0.1) is 5.92 Å². The van der Waals surface area contributed by atoms with E-state index >= 15 is 0 Å². The smallest absolute Gasteiger partial charge is 0.219 e. The largest absolute Gasteiger partial charge is 0.340 e. The Morgan fingerprint density at radius 2 is 1.92 bits per heavy atom. The van der Waals surface area contributed by atoms with E-state index in [0.29, 0.717) is 12.0 Å². The average molecular weight is 185 g/mol. The van der Waals surface area contributed by atoms with E-state index in [1.165, 1.54) is 12.8 Å². The number of hydrogen-bond acceptors (Lipinski definition) is 1. The molecule has 0 bridgehead atoms. The Bertz CT molecular complexity index is 154. The zero-order chi connectivity index (χ0) is 10.4. The molecule has 0 aliphatic carbocycles. The molecule has 0 N–H and O–H groups in total. The number of likely N-dealkylation sites (tertiary alicyclic amines) is 1. The van der Waals surface area contributed by atoms with E-state index in [0.717, 1.165) is 6.54 Å². The lowest BCUT2D eigenvalue weighted by Gasteiger charge is -2.26. The summed E-state index contributed by atoms with van der Waals surface area (Å²) < 4.78 is 0. The fourth-order valence-corrected chi connectivity index (χ4v) is 1.88. The fraction of sp³-hybridized carbons (Fsp3) is 0.909. The van der Waals surface area contributed by atoms with E-state index in [9.17, 15) is 4.79 Å². The highest BCUT2D eigenvalue weighted by molar-refractivity contribution is 5.73. The minimum atomic E-state index is 0.237. The quantitative estimate of drug-likeness (QED) is 0.615. The van der Waals surface area contributed by atoms with Crippen LogP contribution in [0.5, 0.6) is 0 Å². The summed E-state index contributed by atoms with van der Waals surface area (Å²) in [5.74, 6) is 0.850. The van der Waals surface area contributed by atoms with E-state index in [-0.39, 0.29) is 5.91 Å². The van der Waals surface area contributed by atoms with Crippen LogP contribution in [-0.2, 0) is 4.79 Å². The molecule has 1 aliphatic rings. The minimum Gasteiger partial charge on any atom is -0.340 e. The van der Waals surface area contributed by atoms with Gasteiger partial charge in [-0.25, -0.2) is 0 Å². The summed E-state index contributed by atoms with van der Waals surface area (Å²) in [7, 11) is 0. The number of rotatable bonds is 1. The van der Waals surface area contributed by atoms with E-state index in [4.69, 9.17) is 0 Å². The third-order valence-corrected chi connectivity index (χ3v) is 2.47. The van der Waals surface area contributed by atoms with Crippen molar-refractivity contribution >= 4 is 5.91 Å². The third-order valence-electron chi connectivity index (χ3n) is 2.47. The van der Waals surface area contributed by atoms with E-state index in [1.807, 2.05) is 18.7 Å². The summed E-state index contributed by atoms with van der Waals surface area (Å²) in [5, 5.41) is 0. The van der Waals surface area contributed by atoms with Crippen molar-refractivity contribution in [2.24, 2.45) is 5.92 Å². The molecule has 1 amide bonds. The van der Waals surface area contributed by atoms with Gasteiger partial charge in [0, 0.05) is 19.5 Å². The van der Waals surface area contributed by atoms with Gasteiger partial charge in [-0.15, -0.1) is 0 Å². The van der Waals surface area contributed by atoms with Crippen molar-refractivity contribution in [3.8, 4) is 0 Å². The zero-order valence-corrected chi connectivity index (χ0v) is 9.63. The molecule has 0 aromatic rings. The van der Waals surface area contributed by atoms with E-state index < -0.39 is 0 Å². The standard InChI is InChI=1S/C9H17NO.C2H6/c1-7(2)9-5-4-6-10(9)8(3)11;1-2/h7,9H,4-6H2,1-3H3;1-2H3. The summed E-state index contributed by atoms with van der Waals surface area (Å²) in [5.41, 5.74) is 0. The number of carbonyl (C=O) groups is 1. The van der Waals surface area contributed by atoms with Gasteiger partial charge in [0.15, 0.2) is 0 Å². The van der Waals surface area contributed by atoms with Crippen LogP contribution in [0.1, 0.15) is 47.5 Å². The van der Waals surface area contributed by atoms with Crippen LogP contribution >= 0.6 is 0 Å². The van der Waals surface area contributed by atoms with Crippen molar-refractivity contribution in [2.75, 3.05) is 6.54 Å². The number of hydrogen-bond donors (Lipinski definition) is 0. The Morgan fingerprint density at radius 1 is 1.38 bits per heavy atom. The molecule has 1 heterocycles. The molecular formula is C11H23NO. The fourth-order valence-electron chi connectivity index (χ4n) is 1.88. The van der Waals surface area contributed by atoms with Crippen LogP contribution in [-0.4, -0.2) is 23.4 Å². The summed E-state index contributed by atoms with van der Waals surface area (Å²) in [6, 6.07) is 0.507. The molecule has 1 rings (SSSR count). The lowest BCUT2D eigenvalue weighted by Crippen LogP contribution is -2.36. The van der Waals surface area contributed by atoms with Gasteiger partial charge in [-0.3, -0.25) is 4.79 Å². The van der Waals surface area contributed by atoms with Gasteiger partial charge in [0.2, 0.25) is 5.91 Å². The van der Waals surface area contributed by atoms with Crippen LogP contribution in [0.4, 0.5) is 0 Å². The number of amides is 1. The van der Waals surface area contributed by atoms with Gasteiger partial charge in [0.05, 0.1) is 0 Å². The molecule has 78 valence electrons. The molecule has 1 fully saturated rings. The summed E-state index contributed by atoms with van der Waals surface area (Å²) in [4.78, 5) is 13.1. The van der Waals surface area contributed by atoms with Crippen molar-refractivity contribution in [1.82, 2.24) is 4.90 Å². The van der Waals surface area contributed by atoms with E-state index in [2.05, 4.69) is 13.8 Å². The molecule has 0 aromatic heterocycles. The molecule has 1 aliphatic heterocycles. The van der Waals surface area contributed by atoms with Crippen LogP contribution in [0.3, 0.4) is 0 Å². The first-order valence-electron chi connectivity index (χ1n) is 5.40. The van der Waals surface area contributed by atoms with Gasteiger partial charge in [-0.2, -0.15) is 0 Å². The Morgan fingerprint density at radius 3 is 2.23 bits per heavy atom. The van der Waals surface area contributed by atoms with Crippen LogP contribution < -0.4 is 0 Å². The Balaban J connectivity index is 0.000000671. The molecule has 1 unspecified atom stereocenters. The highest BCUT2D eigenvalue weighted by Gasteiger charge is 2.28. The molecule has 0 saturated carbocycles. The predicted molar refractivity (Wildman–Crippen MR) is 56.6 cm³/mol. The average Bonchev–Trinajstić information content (AvgIpc) is 2.55. The first-order chi connectivity index (χ1) is 6.13. The second kappa shape index (κ2) is 6.01. The van der Waals surface area contributed by atoms with Crippen LogP contribution in [0.25, 0.3) is 0 Å². The van der Waals surface area contributed by atoms with Gasteiger partial charge in [0.1, 0.15) is 0 Å². The highest BCUT2D eigenvalue weighted by Crippen LogP contribution is 2.23. The molecule has 2 nitrogen and oxygen atoms in total. The van der Waals surface area contributed by atoms with Gasteiger partial charge in [0.25, 0.3) is 0 Å². The molecule has 0 aromatic carbocycles. The Hall–Kier alpha value is -0.530. The molecule has 13 heavy (non-hydrogen) atoms. The topological polar surface area (TPSA) is 20.3 Å². The first kappa shape index (κ1) is 12.5. The lowest BCUT2D eigenvalue weighted by molar-refractivity contribution is -0.130. The van der Waals surface area contributed by atoms with Crippen molar-refractivity contribution in [2.45, 2.75) is 53.5 Å². The molecule has 2 heteroatoms. The number of nitrogens with zero attached hydrogens (tertiary/aromatic N) is 1. The predicted octanol–water partition coefficient (Wildman–Crippen LogP) is 2.68. The SMILES string of the molecule is CC.CC(=O)N1CCCC1C(C)C. The van der Waals surface area contributed by atoms with E-state index in [1.54, 1.807) is 6.92 Å². The Labute approximate surface area is 82.3 Å². The van der Waals surface area contributed by atoms with Gasteiger partial charge < -0.3 is 4.90 Å². The van der Waals surface area contributed by atoms with Crippen molar-refractivity contribution in [3.63, 3.8) is 0 Å². The zero-order valence-electron chi connectivity index (χ0n) is 9.63. The van der Waals surface area contributed by atoms with Gasteiger partial charge in [-0.1, -0.05) is 27.7 Å². The van der Waals surface area contributed by atoms with Crippen LogP contribution in [0.15, 0.2) is 0 Å².